The lowest BCUT2D eigenvalue weighted by Crippen LogP contribution is -1.98. The lowest BCUT2D eigenvalue weighted by Gasteiger charge is -2.12. The summed E-state index contributed by atoms with van der Waals surface area (Å²) in [5, 5.41) is 2.37. The Morgan fingerprint density at radius 1 is 0.590 bits per heavy atom. The van der Waals surface area contributed by atoms with Crippen LogP contribution >= 0.6 is 0 Å². The highest BCUT2D eigenvalue weighted by atomic mass is 15.0. The number of hydrogen-bond acceptors (Lipinski definition) is 3. The number of rotatable bonds is 5. The zero-order valence-electron chi connectivity index (χ0n) is 21.6. The summed E-state index contributed by atoms with van der Waals surface area (Å²) in [7, 11) is 0. The highest BCUT2D eigenvalue weighted by Crippen LogP contribution is 2.33. The summed E-state index contributed by atoms with van der Waals surface area (Å²) < 4.78 is 2.24. The number of fused-ring (bicyclic) bond motifs is 3. The average molecular weight is 503 g/mol. The third kappa shape index (κ3) is 4.16. The van der Waals surface area contributed by atoms with E-state index in [9.17, 15) is 0 Å². The summed E-state index contributed by atoms with van der Waals surface area (Å²) in [5.74, 6) is 0.694. The van der Waals surface area contributed by atoms with E-state index in [0.717, 1.165) is 56.7 Å². The number of pyridine rings is 1. The van der Waals surface area contributed by atoms with E-state index in [1.165, 1.54) is 10.9 Å². The summed E-state index contributed by atoms with van der Waals surface area (Å²) in [6, 6.07) is 42.0. The SMILES string of the molecule is CCc1ccc2c(c1)c1cccnc1n2-c1cccc(-c2nc(-c3ccccc3)cc(-c3ccccc3)n2)c1. The number of aryl methyl sites for hydroxylation is 1. The van der Waals surface area contributed by atoms with Gasteiger partial charge in [-0.25, -0.2) is 15.0 Å². The van der Waals surface area contributed by atoms with Crippen molar-refractivity contribution in [1.29, 1.82) is 0 Å². The Bertz CT molecular complexity index is 1880. The molecular formula is C35H26N4. The smallest absolute Gasteiger partial charge is 0.160 e. The molecule has 0 bridgehead atoms. The van der Waals surface area contributed by atoms with Gasteiger partial charge in [0.05, 0.1) is 16.9 Å². The number of hydrogen-bond donors (Lipinski definition) is 0. The molecule has 0 amide bonds. The fraction of sp³-hybridized carbons (Fsp3) is 0.0571. The van der Waals surface area contributed by atoms with Crippen molar-refractivity contribution in [3.8, 4) is 39.6 Å². The first kappa shape index (κ1) is 23.1. The van der Waals surface area contributed by atoms with Gasteiger partial charge in [0.15, 0.2) is 5.82 Å². The third-order valence-corrected chi connectivity index (χ3v) is 7.23. The second-order valence-electron chi connectivity index (χ2n) is 9.66. The van der Waals surface area contributed by atoms with Crippen molar-refractivity contribution in [2.24, 2.45) is 0 Å². The van der Waals surface area contributed by atoms with E-state index in [-0.39, 0.29) is 0 Å². The van der Waals surface area contributed by atoms with Gasteiger partial charge < -0.3 is 0 Å². The molecule has 0 fully saturated rings. The van der Waals surface area contributed by atoms with Gasteiger partial charge in [0, 0.05) is 39.3 Å². The summed E-state index contributed by atoms with van der Waals surface area (Å²) in [5.41, 5.74) is 9.32. The largest absolute Gasteiger partial charge is 0.294 e. The van der Waals surface area contributed by atoms with E-state index in [2.05, 4.69) is 90.4 Å². The molecule has 0 unspecified atom stereocenters. The van der Waals surface area contributed by atoms with Gasteiger partial charge in [0.2, 0.25) is 0 Å². The van der Waals surface area contributed by atoms with Crippen molar-refractivity contribution in [3.05, 3.63) is 133 Å². The van der Waals surface area contributed by atoms with E-state index in [1.807, 2.05) is 48.7 Å². The van der Waals surface area contributed by atoms with Crippen LogP contribution in [0.3, 0.4) is 0 Å². The summed E-state index contributed by atoms with van der Waals surface area (Å²) in [4.78, 5) is 14.9. The Morgan fingerprint density at radius 2 is 1.28 bits per heavy atom. The van der Waals surface area contributed by atoms with Gasteiger partial charge in [0.25, 0.3) is 0 Å². The lowest BCUT2D eigenvalue weighted by molar-refractivity contribution is 1.12. The molecule has 3 aromatic heterocycles. The van der Waals surface area contributed by atoms with Crippen LogP contribution < -0.4 is 0 Å². The monoisotopic (exact) mass is 502 g/mol. The molecule has 0 spiro atoms. The average Bonchev–Trinajstić information content (AvgIpc) is 3.35. The highest BCUT2D eigenvalue weighted by Gasteiger charge is 2.15. The number of aromatic nitrogens is 4. The van der Waals surface area contributed by atoms with Crippen molar-refractivity contribution in [3.63, 3.8) is 0 Å². The van der Waals surface area contributed by atoms with Gasteiger partial charge in [0.1, 0.15) is 5.65 Å². The Hall–Kier alpha value is -5.09. The highest BCUT2D eigenvalue weighted by molar-refractivity contribution is 6.08. The maximum absolute atomic E-state index is 5.03. The Kier molecular flexibility index (Phi) is 5.71. The van der Waals surface area contributed by atoms with Crippen LogP contribution in [0.5, 0.6) is 0 Å². The molecule has 4 aromatic carbocycles. The predicted molar refractivity (Wildman–Crippen MR) is 160 cm³/mol. The molecule has 0 radical (unpaired) electrons. The first-order valence-corrected chi connectivity index (χ1v) is 13.3. The Balaban J connectivity index is 1.43. The van der Waals surface area contributed by atoms with Gasteiger partial charge in [-0.3, -0.25) is 4.57 Å². The molecule has 4 nitrogen and oxygen atoms in total. The normalized spacial score (nSPS) is 11.3. The zero-order chi connectivity index (χ0) is 26.2. The van der Waals surface area contributed by atoms with Crippen molar-refractivity contribution in [2.75, 3.05) is 0 Å². The van der Waals surface area contributed by atoms with Gasteiger partial charge in [-0.1, -0.05) is 85.8 Å². The van der Waals surface area contributed by atoms with Crippen LogP contribution in [-0.4, -0.2) is 19.5 Å². The quantitative estimate of drug-likeness (QED) is 0.237. The van der Waals surface area contributed by atoms with Crippen LogP contribution in [0.1, 0.15) is 12.5 Å². The molecule has 39 heavy (non-hydrogen) atoms. The Labute approximate surface area is 227 Å². The van der Waals surface area contributed by atoms with Gasteiger partial charge in [-0.15, -0.1) is 0 Å². The minimum Gasteiger partial charge on any atom is -0.294 e. The van der Waals surface area contributed by atoms with Crippen molar-refractivity contribution in [2.45, 2.75) is 13.3 Å². The van der Waals surface area contributed by atoms with E-state index in [4.69, 9.17) is 15.0 Å². The number of nitrogens with zero attached hydrogens (tertiary/aromatic N) is 4. The van der Waals surface area contributed by atoms with Gasteiger partial charge >= 0.3 is 0 Å². The molecular weight excluding hydrogens is 476 g/mol. The topological polar surface area (TPSA) is 43.6 Å². The summed E-state index contributed by atoms with van der Waals surface area (Å²) in [6.45, 7) is 2.19. The molecule has 0 N–H and O–H groups in total. The van der Waals surface area contributed by atoms with E-state index in [0.29, 0.717) is 5.82 Å². The standard InChI is InChI=1S/C35H26N4/c1-2-24-18-19-33-30(21-24)29-17-10-20-36-35(29)39(33)28-16-9-15-27(22-28)34-37-31(25-11-5-3-6-12-25)23-32(38-34)26-13-7-4-8-14-26/h3-23H,2H2,1H3. The Morgan fingerprint density at radius 3 is 1.97 bits per heavy atom. The van der Waals surface area contributed by atoms with E-state index >= 15 is 0 Å². The first-order valence-electron chi connectivity index (χ1n) is 13.3. The van der Waals surface area contributed by atoms with Crippen LogP contribution in [0.25, 0.3) is 61.5 Å². The van der Waals surface area contributed by atoms with Crippen LogP contribution in [0.15, 0.2) is 128 Å². The second kappa shape index (κ2) is 9.66. The molecule has 0 saturated carbocycles. The minimum absolute atomic E-state index is 0.694. The molecule has 186 valence electrons. The van der Waals surface area contributed by atoms with Gasteiger partial charge in [-0.2, -0.15) is 0 Å². The second-order valence-corrected chi connectivity index (χ2v) is 9.66. The number of benzene rings is 4. The van der Waals surface area contributed by atoms with Crippen LogP contribution in [0.4, 0.5) is 0 Å². The van der Waals surface area contributed by atoms with Crippen LogP contribution in [0.2, 0.25) is 0 Å². The molecule has 0 atom stereocenters. The van der Waals surface area contributed by atoms with Crippen molar-refractivity contribution >= 4 is 21.9 Å². The molecule has 0 saturated heterocycles. The maximum Gasteiger partial charge on any atom is 0.160 e. The zero-order valence-corrected chi connectivity index (χ0v) is 21.6. The molecule has 7 aromatic rings. The van der Waals surface area contributed by atoms with E-state index in [1.54, 1.807) is 0 Å². The summed E-state index contributed by atoms with van der Waals surface area (Å²) >= 11 is 0. The fourth-order valence-corrected chi connectivity index (χ4v) is 5.25. The minimum atomic E-state index is 0.694. The van der Waals surface area contributed by atoms with Crippen molar-refractivity contribution in [1.82, 2.24) is 19.5 Å². The van der Waals surface area contributed by atoms with Crippen LogP contribution in [0, 0.1) is 0 Å². The lowest BCUT2D eigenvalue weighted by atomic mass is 10.1. The van der Waals surface area contributed by atoms with E-state index < -0.39 is 0 Å². The van der Waals surface area contributed by atoms with Crippen molar-refractivity contribution < 1.29 is 0 Å². The third-order valence-electron chi connectivity index (χ3n) is 7.23. The first-order chi connectivity index (χ1) is 19.3. The van der Waals surface area contributed by atoms with Gasteiger partial charge in [-0.05, 0) is 54.4 Å². The molecule has 7 rings (SSSR count). The molecule has 0 aliphatic rings. The molecule has 0 aliphatic carbocycles. The maximum atomic E-state index is 5.03. The predicted octanol–water partition coefficient (Wildman–Crippen LogP) is 8.53. The summed E-state index contributed by atoms with van der Waals surface area (Å²) in [6.07, 6.45) is 2.86. The molecule has 3 heterocycles. The van der Waals surface area contributed by atoms with Crippen LogP contribution in [-0.2, 0) is 6.42 Å². The molecule has 0 aliphatic heterocycles. The molecule has 4 heteroatoms. The fourth-order valence-electron chi connectivity index (χ4n) is 5.25.